The summed E-state index contributed by atoms with van der Waals surface area (Å²) in [6.45, 7) is 2.55. The summed E-state index contributed by atoms with van der Waals surface area (Å²) < 4.78 is 61.4. The molecule has 0 radical (unpaired) electrons. The highest BCUT2D eigenvalue weighted by Gasteiger charge is 2.30. The van der Waals surface area contributed by atoms with Gasteiger partial charge in [-0.25, -0.2) is 9.13 Å². The molecule has 0 aliphatic heterocycles. The zero-order valence-corrected chi connectivity index (χ0v) is 76.1. The van der Waals surface area contributed by atoms with E-state index in [9.17, 15) is 43.5 Å². The molecule has 18 heteroatoms. The highest BCUT2D eigenvalue weighted by atomic mass is 31.2. The molecule has 5 atom stereocenters. The molecular formula is C99H172O16P2. The van der Waals surface area contributed by atoms with Gasteiger partial charge in [0.05, 0.1) is 26.4 Å². The van der Waals surface area contributed by atoms with E-state index >= 15 is 0 Å². The molecule has 0 aliphatic carbocycles. The van der Waals surface area contributed by atoms with Crippen LogP contribution in [0.15, 0.2) is 146 Å². The number of aliphatic hydroxyl groups is 2. The molecule has 0 spiro atoms. The molecule has 0 amide bonds. The van der Waals surface area contributed by atoms with Crippen LogP contribution in [0.2, 0.25) is 0 Å². The van der Waals surface area contributed by atoms with Crippen molar-refractivity contribution in [2.75, 3.05) is 39.6 Å². The summed E-state index contributed by atoms with van der Waals surface area (Å²) in [4.78, 5) is 58.9. The second-order valence-electron chi connectivity index (χ2n) is 31.4. The number of ether oxygens (including phenoxy) is 3. The van der Waals surface area contributed by atoms with Crippen LogP contribution >= 0.6 is 15.6 Å². The number of hydrogen-bond donors (Lipinski definition) is 4. The van der Waals surface area contributed by atoms with Crippen molar-refractivity contribution in [1.29, 1.82) is 0 Å². The first-order valence-electron chi connectivity index (χ1n) is 47.1. The Bertz CT molecular complexity index is 2710. The molecule has 0 rings (SSSR count). The van der Waals surface area contributed by atoms with Gasteiger partial charge in [0.25, 0.3) is 0 Å². The first-order valence-corrected chi connectivity index (χ1v) is 50.1. The van der Waals surface area contributed by atoms with Crippen LogP contribution in [0.5, 0.6) is 0 Å². The summed E-state index contributed by atoms with van der Waals surface area (Å²) in [5.74, 6) is -1.58. The second-order valence-corrected chi connectivity index (χ2v) is 34.3. The minimum Gasteiger partial charge on any atom is -0.463 e. The number of unbranched alkanes of at least 4 members (excludes halogenated alkanes) is 42. The van der Waals surface area contributed by atoms with Crippen molar-refractivity contribution >= 4 is 33.6 Å². The maximum Gasteiger partial charge on any atom is 0.472 e. The van der Waals surface area contributed by atoms with Gasteiger partial charge in [-0.2, -0.15) is 0 Å². The van der Waals surface area contributed by atoms with Crippen molar-refractivity contribution in [2.24, 2.45) is 0 Å². The van der Waals surface area contributed by atoms with Gasteiger partial charge in [0.2, 0.25) is 0 Å². The van der Waals surface area contributed by atoms with Crippen molar-refractivity contribution in [3.8, 4) is 0 Å². The number of phosphoric acid groups is 2. The predicted molar refractivity (Wildman–Crippen MR) is 491 cm³/mol. The zero-order valence-electron chi connectivity index (χ0n) is 74.3. The van der Waals surface area contributed by atoms with E-state index in [0.717, 1.165) is 154 Å². The fraction of sp³-hybridized carbons (Fsp3) is 0.727. The third-order valence-electron chi connectivity index (χ3n) is 20.0. The van der Waals surface area contributed by atoms with Crippen LogP contribution in [0.25, 0.3) is 0 Å². The average Bonchev–Trinajstić information content (AvgIpc) is 0.865. The third kappa shape index (κ3) is 92.0. The highest BCUT2D eigenvalue weighted by Crippen LogP contribution is 2.45. The Hall–Kier alpha value is -4.57. The van der Waals surface area contributed by atoms with Gasteiger partial charge in [0, 0.05) is 19.3 Å². The van der Waals surface area contributed by atoms with Gasteiger partial charge in [0.15, 0.2) is 6.10 Å². The van der Waals surface area contributed by atoms with Gasteiger partial charge < -0.3 is 34.2 Å². The van der Waals surface area contributed by atoms with Crippen LogP contribution in [0.1, 0.15) is 406 Å². The third-order valence-corrected chi connectivity index (χ3v) is 21.9. The molecule has 0 saturated carbocycles. The fourth-order valence-corrected chi connectivity index (χ4v) is 14.5. The normalized spacial score (nSPS) is 14.4. The molecule has 0 aromatic carbocycles. The second kappa shape index (κ2) is 90.7. The lowest BCUT2D eigenvalue weighted by molar-refractivity contribution is -0.161. The molecule has 0 bridgehead atoms. The van der Waals surface area contributed by atoms with Crippen LogP contribution in [-0.4, -0.2) is 95.9 Å². The van der Waals surface area contributed by atoms with E-state index in [0.29, 0.717) is 19.3 Å². The number of aliphatic hydroxyl groups excluding tert-OH is 2. The summed E-state index contributed by atoms with van der Waals surface area (Å²) in [6.07, 6.45) is 115. The Morgan fingerprint density at radius 2 is 0.453 bits per heavy atom. The molecule has 0 saturated heterocycles. The summed E-state index contributed by atoms with van der Waals surface area (Å²) >= 11 is 0. The van der Waals surface area contributed by atoms with Gasteiger partial charge in [-0.15, -0.1) is 0 Å². The standard InChI is InChI=1S/C99H172O16P2/c1-4-7-10-13-16-19-22-25-28-30-32-34-36-38-40-42-44-45-46-47-49-51-52-54-56-58-60-62-65-67-70-73-76-79-82-85-97(102)109-88-94(100)89-111-116(105,106)112-90-95(101)91-113-117(107,108)114-93-96(115-99(104)87-84-81-78-75-72-69-64-27-24-21-18-15-12-9-6-3)92-110-98(103)86-83-80-77-74-71-68-66-63-61-59-57-55-53-50-48-43-41-39-37-35-33-31-29-26-23-20-17-14-11-8-5-2/h8,11,16-21,25-29,32-35,38-41,48,50,64,94-96,100-101H,4-7,9-10,12-15,22-24,30-31,36-37,42-47,49,51-63,65-93H2,1-3H3,(H,105,106)(H,107,108)/b11-8-,19-16-,20-17-,21-18-,28-25-,29-26-,34-32-,35-33-,40-38-,41-39-,50-48-,64-27-. The summed E-state index contributed by atoms with van der Waals surface area (Å²) in [5.41, 5.74) is 0. The van der Waals surface area contributed by atoms with E-state index in [1.807, 2.05) is 0 Å². The molecule has 4 N–H and O–H groups in total. The first kappa shape index (κ1) is 112. The predicted octanol–water partition coefficient (Wildman–Crippen LogP) is 29.1. The Balaban J connectivity index is 4.43. The molecule has 5 unspecified atom stereocenters. The number of esters is 3. The van der Waals surface area contributed by atoms with Gasteiger partial charge >= 0.3 is 33.6 Å². The lowest BCUT2D eigenvalue weighted by Crippen LogP contribution is -2.30. The van der Waals surface area contributed by atoms with E-state index in [1.165, 1.54) is 193 Å². The molecule has 674 valence electrons. The summed E-state index contributed by atoms with van der Waals surface area (Å²) in [5, 5.41) is 20.7. The van der Waals surface area contributed by atoms with Gasteiger partial charge in [-0.1, -0.05) is 385 Å². The van der Waals surface area contributed by atoms with Crippen molar-refractivity contribution in [2.45, 2.75) is 424 Å². The monoisotopic (exact) mass is 1680 g/mol. The van der Waals surface area contributed by atoms with E-state index in [-0.39, 0.29) is 19.3 Å². The van der Waals surface area contributed by atoms with E-state index < -0.39 is 91.5 Å². The minimum atomic E-state index is -4.94. The SMILES string of the molecule is CC/C=C\C/C=C\C/C=C\C/C=C\C/C=C\C/C=C\CCCCCCCCCCCCCCC(=O)OCC(COP(=O)(O)OCC(O)COP(=O)(O)OCC(O)COC(=O)CCCCCCCCCCCCCCCCCCCCC/C=C\C/C=C\C/C=C\C/C=C\CCCCC)OC(=O)CCCCCCC/C=C\C/C=C\CCCCC. The molecular weight excluding hydrogens is 1510 g/mol. The lowest BCUT2D eigenvalue weighted by atomic mass is 10.0. The van der Waals surface area contributed by atoms with E-state index in [4.69, 9.17) is 32.3 Å². The summed E-state index contributed by atoms with van der Waals surface area (Å²) in [7, 11) is -9.81. The van der Waals surface area contributed by atoms with Crippen LogP contribution in [0.3, 0.4) is 0 Å². The molecule has 0 heterocycles. The molecule has 117 heavy (non-hydrogen) atoms. The van der Waals surface area contributed by atoms with E-state index in [1.54, 1.807) is 0 Å². The molecule has 0 aromatic heterocycles. The number of rotatable bonds is 89. The lowest BCUT2D eigenvalue weighted by Gasteiger charge is -2.21. The zero-order chi connectivity index (χ0) is 85.1. The Morgan fingerprint density at radius 1 is 0.248 bits per heavy atom. The van der Waals surface area contributed by atoms with Crippen molar-refractivity contribution in [3.63, 3.8) is 0 Å². The topological polar surface area (TPSA) is 231 Å². The Kier molecular flexibility index (Phi) is 87.1. The number of allylic oxidation sites excluding steroid dienone is 24. The van der Waals surface area contributed by atoms with Crippen LogP contribution in [-0.2, 0) is 55.8 Å². The quantitative estimate of drug-likeness (QED) is 0.0146. The van der Waals surface area contributed by atoms with Crippen LogP contribution < -0.4 is 0 Å². The Labute approximate surface area is 715 Å². The Morgan fingerprint density at radius 3 is 0.718 bits per heavy atom. The number of carbonyl (C=O) groups excluding carboxylic acids is 3. The minimum absolute atomic E-state index is 0.0868. The molecule has 0 fully saturated rings. The van der Waals surface area contributed by atoms with E-state index in [2.05, 4.69) is 167 Å². The first-order chi connectivity index (χ1) is 57.2. The smallest absolute Gasteiger partial charge is 0.463 e. The number of phosphoric ester groups is 2. The number of hydrogen-bond acceptors (Lipinski definition) is 14. The van der Waals surface area contributed by atoms with Crippen LogP contribution in [0, 0.1) is 0 Å². The molecule has 0 aliphatic rings. The van der Waals surface area contributed by atoms with Crippen molar-refractivity contribution in [1.82, 2.24) is 0 Å². The van der Waals surface area contributed by atoms with Gasteiger partial charge in [-0.3, -0.25) is 32.5 Å². The highest BCUT2D eigenvalue weighted by molar-refractivity contribution is 7.47. The maximum atomic E-state index is 13.0. The van der Waals surface area contributed by atoms with Crippen molar-refractivity contribution < 1.29 is 75.8 Å². The van der Waals surface area contributed by atoms with Crippen molar-refractivity contribution in [3.05, 3.63) is 146 Å². The molecule has 0 aromatic rings. The summed E-state index contributed by atoms with van der Waals surface area (Å²) in [6, 6.07) is 0. The van der Waals surface area contributed by atoms with Gasteiger partial charge in [0.1, 0.15) is 25.4 Å². The maximum absolute atomic E-state index is 13.0. The fourth-order valence-electron chi connectivity index (χ4n) is 12.9. The largest absolute Gasteiger partial charge is 0.472 e. The average molecular weight is 1680 g/mol. The number of carbonyl (C=O) groups is 3. The van der Waals surface area contributed by atoms with Crippen LogP contribution in [0.4, 0.5) is 0 Å². The van der Waals surface area contributed by atoms with Gasteiger partial charge in [-0.05, 0) is 148 Å². The molecule has 16 nitrogen and oxygen atoms in total.